The third kappa shape index (κ3) is 3.74. The number of hydrogen-bond acceptors (Lipinski definition) is 3. The predicted octanol–water partition coefficient (Wildman–Crippen LogP) is 3.21. The van der Waals surface area contributed by atoms with Crippen molar-refractivity contribution in [2.45, 2.75) is 32.6 Å². The number of halogens is 1. The molecule has 4 heteroatoms. The minimum absolute atomic E-state index is 0.0384. The zero-order valence-corrected chi connectivity index (χ0v) is 12.7. The van der Waals surface area contributed by atoms with E-state index in [1.165, 1.54) is 5.56 Å². The molecule has 20 heavy (non-hydrogen) atoms. The number of hydrogen-bond donors (Lipinski definition) is 1. The molecule has 110 valence electrons. The second-order valence-electron chi connectivity index (χ2n) is 5.38. The first-order chi connectivity index (χ1) is 9.66. The van der Waals surface area contributed by atoms with E-state index in [0.717, 1.165) is 43.8 Å². The summed E-state index contributed by atoms with van der Waals surface area (Å²) < 4.78 is 5.30. The third-order valence-corrected chi connectivity index (χ3v) is 4.29. The number of ether oxygens (including phenoxy) is 1. The van der Waals surface area contributed by atoms with Crippen molar-refractivity contribution in [2.24, 2.45) is 5.41 Å². The molecule has 0 unspecified atom stereocenters. The first-order valence-electron chi connectivity index (χ1n) is 7.29. The van der Waals surface area contributed by atoms with Crippen LogP contribution in [-0.4, -0.2) is 25.7 Å². The van der Waals surface area contributed by atoms with E-state index in [1.54, 1.807) is 0 Å². The standard InChI is InChI=1S/C16H22ClNO2/c1-2-20-15(19)16(8-10-18-11-9-16)7-6-13-4-3-5-14(17)12-13/h3-5,12,18H,2,6-11H2,1H3. The van der Waals surface area contributed by atoms with Crippen molar-refractivity contribution in [1.82, 2.24) is 5.32 Å². The quantitative estimate of drug-likeness (QED) is 0.848. The molecule has 1 fully saturated rings. The largest absolute Gasteiger partial charge is 0.466 e. The predicted molar refractivity (Wildman–Crippen MR) is 80.9 cm³/mol. The van der Waals surface area contributed by atoms with Crippen LogP contribution in [0.2, 0.25) is 5.02 Å². The topological polar surface area (TPSA) is 38.3 Å². The SMILES string of the molecule is CCOC(=O)C1(CCc2cccc(Cl)c2)CCNCC1. The molecular weight excluding hydrogens is 274 g/mol. The summed E-state index contributed by atoms with van der Waals surface area (Å²) in [4.78, 5) is 12.3. The molecular formula is C16H22ClNO2. The van der Waals surface area contributed by atoms with Crippen LogP contribution in [0.15, 0.2) is 24.3 Å². The van der Waals surface area contributed by atoms with Crippen molar-refractivity contribution in [3.8, 4) is 0 Å². The molecule has 1 aromatic rings. The molecule has 1 aromatic carbocycles. The maximum absolute atomic E-state index is 12.3. The molecule has 1 aliphatic rings. The summed E-state index contributed by atoms with van der Waals surface area (Å²) in [6.45, 7) is 4.08. The molecule has 0 atom stereocenters. The van der Waals surface area contributed by atoms with Crippen LogP contribution in [0.25, 0.3) is 0 Å². The van der Waals surface area contributed by atoms with E-state index in [-0.39, 0.29) is 11.4 Å². The number of esters is 1. The van der Waals surface area contributed by atoms with Gasteiger partial charge in [-0.05, 0) is 63.4 Å². The maximum atomic E-state index is 12.3. The molecule has 0 saturated carbocycles. The molecule has 0 aromatic heterocycles. The molecule has 0 aliphatic carbocycles. The van der Waals surface area contributed by atoms with Crippen LogP contribution >= 0.6 is 11.6 Å². The van der Waals surface area contributed by atoms with Crippen LogP contribution in [0.5, 0.6) is 0 Å². The van der Waals surface area contributed by atoms with Crippen molar-refractivity contribution in [3.05, 3.63) is 34.9 Å². The Morgan fingerprint density at radius 3 is 2.80 bits per heavy atom. The highest BCUT2D eigenvalue weighted by molar-refractivity contribution is 6.30. The van der Waals surface area contributed by atoms with Gasteiger partial charge in [-0.2, -0.15) is 0 Å². The lowest BCUT2D eigenvalue weighted by molar-refractivity contribution is -0.157. The molecule has 0 bridgehead atoms. The Labute approximate surface area is 125 Å². The first-order valence-corrected chi connectivity index (χ1v) is 7.66. The zero-order chi connectivity index (χ0) is 14.4. The summed E-state index contributed by atoms with van der Waals surface area (Å²) in [5.74, 6) is -0.0384. The fourth-order valence-electron chi connectivity index (χ4n) is 2.82. The van der Waals surface area contributed by atoms with Crippen LogP contribution in [0.3, 0.4) is 0 Å². The van der Waals surface area contributed by atoms with Gasteiger partial charge in [0, 0.05) is 5.02 Å². The molecule has 0 spiro atoms. The van der Waals surface area contributed by atoms with Gasteiger partial charge in [-0.1, -0.05) is 23.7 Å². The summed E-state index contributed by atoms with van der Waals surface area (Å²) in [7, 11) is 0. The van der Waals surface area contributed by atoms with Gasteiger partial charge in [0.1, 0.15) is 0 Å². The Bertz CT molecular complexity index is 456. The maximum Gasteiger partial charge on any atom is 0.312 e. The van der Waals surface area contributed by atoms with Crippen molar-refractivity contribution in [3.63, 3.8) is 0 Å². The van der Waals surface area contributed by atoms with Crippen LogP contribution in [0.1, 0.15) is 31.7 Å². The van der Waals surface area contributed by atoms with Crippen LogP contribution in [0, 0.1) is 5.41 Å². The van der Waals surface area contributed by atoms with Crippen LogP contribution in [0.4, 0.5) is 0 Å². The van der Waals surface area contributed by atoms with E-state index in [4.69, 9.17) is 16.3 Å². The fourth-order valence-corrected chi connectivity index (χ4v) is 3.03. The minimum Gasteiger partial charge on any atom is -0.466 e. The molecule has 0 radical (unpaired) electrons. The summed E-state index contributed by atoms with van der Waals surface area (Å²) in [5.41, 5.74) is 0.850. The second kappa shape index (κ2) is 7.09. The highest BCUT2D eigenvalue weighted by atomic mass is 35.5. The van der Waals surface area contributed by atoms with Crippen molar-refractivity contribution in [2.75, 3.05) is 19.7 Å². The number of nitrogens with one attached hydrogen (secondary N) is 1. The van der Waals surface area contributed by atoms with Gasteiger partial charge in [-0.3, -0.25) is 4.79 Å². The van der Waals surface area contributed by atoms with E-state index >= 15 is 0 Å². The molecule has 2 rings (SSSR count). The van der Waals surface area contributed by atoms with E-state index in [1.807, 2.05) is 25.1 Å². The summed E-state index contributed by atoms with van der Waals surface area (Å²) in [6.07, 6.45) is 3.39. The number of carbonyl (C=O) groups is 1. The lowest BCUT2D eigenvalue weighted by atomic mass is 9.74. The Balaban J connectivity index is 2.06. The number of piperidine rings is 1. The molecule has 0 amide bonds. The lowest BCUT2D eigenvalue weighted by Crippen LogP contribution is -2.43. The number of benzene rings is 1. The van der Waals surface area contributed by atoms with Gasteiger partial charge >= 0.3 is 5.97 Å². The number of carbonyl (C=O) groups excluding carboxylic acids is 1. The normalized spacial score (nSPS) is 17.7. The highest BCUT2D eigenvalue weighted by Gasteiger charge is 2.40. The Kier molecular flexibility index (Phi) is 5.44. The van der Waals surface area contributed by atoms with Gasteiger partial charge in [-0.25, -0.2) is 0 Å². The summed E-state index contributed by atoms with van der Waals surface area (Å²) in [5, 5.41) is 4.06. The number of aryl methyl sites for hydroxylation is 1. The summed E-state index contributed by atoms with van der Waals surface area (Å²) >= 11 is 6.01. The Hall–Kier alpha value is -1.06. The van der Waals surface area contributed by atoms with Crippen LogP contribution < -0.4 is 5.32 Å². The lowest BCUT2D eigenvalue weighted by Gasteiger charge is -2.35. The Morgan fingerprint density at radius 2 is 2.15 bits per heavy atom. The van der Waals surface area contributed by atoms with Gasteiger partial charge in [0.05, 0.1) is 12.0 Å². The molecule has 1 N–H and O–H groups in total. The Morgan fingerprint density at radius 1 is 1.40 bits per heavy atom. The van der Waals surface area contributed by atoms with Crippen molar-refractivity contribution in [1.29, 1.82) is 0 Å². The van der Waals surface area contributed by atoms with E-state index in [0.29, 0.717) is 6.61 Å². The molecule has 3 nitrogen and oxygen atoms in total. The zero-order valence-electron chi connectivity index (χ0n) is 12.0. The number of rotatable bonds is 5. The van der Waals surface area contributed by atoms with E-state index in [2.05, 4.69) is 11.4 Å². The molecule has 1 aliphatic heterocycles. The van der Waals surface area contributed by atoms with Crippen molar-refractivity contribution >= 4 is 17.6 Å². The smallest absolute Gasteiger partial charge is 0.312 e. The van der Waals surface area contributed by atoms with E-state index < -0.39 is 0 Å². The summed E-state index contributed by atoms with van der Waals surface area (Å²) in [6, 6.07) is 7.86. The van der Waals surface area contributed by atoms with E-state index in [9.17, 15) is 4.79 Å². The monoisotopic (exact) mass is 295 g/mol. The first kappa shape index (κ1) is 15.3. The van der Waals surface area contributed by atoms with Gasteiger partial charge in [0.2, 0.25) is 0 Å². The van der Waals surface area contributed by atoms with Gasteiger partial charge in [-0.15, -0.1) is 0 Å². The minimum atomic E-state index is -0.330. The average Bonchev–Trinajstić information content (AvgIpc) is 2.46. The molecule has 1 heterocycles. The highest BCUT2D eigenvalue weighted by Crippen LogP contribution is 2.35. The van der Waals surface area contributed by atoms with Gasteiger partial charge in [0.25, 0.3) is 0 Å². The fraction of sp³-hybridized carbons (Fsp3) is 0.562. The average molecular weight is 296 g/mol. The van der Waals surface area contributed by atoms with Gasteiger partial charge < -0.3 is 10.1 Å². The van der Waals surface area contributed by atoms with Gasteiger partial charge in [0.15, 0.2) is 0 Å². The molecule has 1 saturated heterocycles. The third-order valence-electron chi connectivity index (χ3n) is 4.05. The van der Waals surface area contributed by atoms with Crippen LogP contribution in [-0.2, 0) is 16.0 Å². The van der Waals surface area contributed by atoms with Crippen molar-refractivity contribution < 1.29 is 9.53 Å². The second-order valence-corrected chi connectivity index (χ2v) is 5.82.